The number of Topliss-reactive ketones (excluding diaryl/α,β-unsaturated/α-hetero) is 2. The SMILES string of the molecule is CCc1ccccc1C(=O)CC(C)=O. The number of carbonyl (C=O) groups is 2. The van der Waals surface area contributed by atoms with Gasteiger partial charge in [0.2, 0.25) is 0 Å². The van der Waals surface area contributed by atoms with E-state index in [2.05, 4.69) is 0 Å². The Balaban J connectivity index is 2.94. The number of rotatable bonds is 4. The van der Waals surface area contributed by atoms with Crippen LogP contribution in [-0.2, 0) is 11.2 Å². The van der Waals surface area contributed by atoms with E-state index in [4.69, 9.17) is 0 Å². The van der Waals surface area contributed by atoms with Gasteiger partial charge in [-0.05, 0) is 18.9 Å². The summed E-state index contributed by atoms with van der Waals surface area (Å²) in [4.78, 5) is 22.4. The first-order chi connectivity index (χ1) is 6.65. The smallest absolute Gasteiger partial charge is 0.170 e. The van der Waals surface area contributed by atoms with Crippen LogP contribution in [0.3, 0.4) is 0 Å². The molecule has 1 aromatic rings. The summed E-state index contributed by atoms with van der Waals surface area (Å²) in [5, 5.41) is 0. The normalized spacial score (nSPS) is 9.86. The lowest BCUT2D eigenvalue weighted by Gasteiger charge is -2.04. The molecule has 74 valence electrons. The lowest BCUT2D eigenvalue weighted by Crippen LogP contribution is -2.07. The van der Waals surface area contributed by atoms with E-state index < -0.39 is 0 Å². The topological polar surface area (TPSA) is 34.1 Å². The molecule has 1 rings (SSSR count). The lowest BCUT2D eigenvalue weighted by molar-refractivity contribution is -0.116. The van der Waals surface area contributed by atoms with Gasteiger partial charge in [-0.15, -0.1) is 0 Å². The molecule has 0 atom stereocenters. The van der Waals surface area contributed by atoms with Crippen LogP contribution in [0.25, 0.3) is 0 Å². The summed E-state index contributed by atoms with van der Waals surface area (Å²) in [6.45, 7) is 3.44. The van der Waals surface area contributed by atoms with Gasteiger partial charge in [0.15, 0.2) is 5.78 Å². The van der Waals surface area contributed by atoms with Crippen molar-refractivity contribution in [2.45, 2.75) is 26.7 Å². The van der Waals surface area contributed by atoms with Crippen LogP contribution in [0.2, 0.25) is 0 Å². The molecule has 14 heavy (non-hydrogen) atoms. The van der Waals surface area contributed by atoms with Crippen molar-refractivity contribution in [2.24, 2.45) is 0 Å². The molecule has 1 aromatic carbocycles. The minimum atomic E-state index is -0.0825. The summed E-state index contributed by atoms with van der Waals surface area (Å²) in [5.74, 6) is -0.157. The number of hydrogen-bond donors (Lipinski definition) is 0. The molecule has 0 spiro atoms. The fourth-order valence-corrected chi connectivity index (χ4v) is 1.42. The number of hydrogen-bond acceptors (Lipinski definition) is 2. The fraction of sp³-hybridized carbons (Fsp3) is 0.333. The highest BCUT2D eigenvalue weighted by molar-refractivity contribution is 6.08. The zero-order valence-corrected chi connectivity index (χ0v) is 8.54. The highest BCUT2D eigenvalue weighted by Crippen LogP contribution is 2.11. The predicted molar refractivity (Wildman–Crippen MR) is 55.4 cm³/mol. The summed E-state index contributed by atoms with van der Waals surface area (Å²) < 4.78 is 0. The van der Waals surface area contributed by atoms with Crippen LogP contribution in [0.15, 0.2) is 24.3 Å². The van der Waals surface area contributed by atoms with Crippen LogP contribution in [0.1, 0.15) is 36.2 Å². The molecule has 0 aliphatic carbocycles. The second-order valence-corrected chi connectivity index (χ2v) is 3.31. The average molecular weight is 190 g/mol. The number of aryl methyl sites for hydroxylation is 1. The third-order valence-electron chi connectivity index (χ3n) is 2.11. The summed E-state index contributed by atoms with van der Waals surface area (Å²) in [7, 11) is 0. The maximum atomic E-state index is 11.6. The van der Waals surface area contributed by atoms with Crippen molar-refractivity contribution in [3.05, 3.63) is 35.4 Å². The summed E-state index contributed by atoms with van der Waals surface area (Å²) in [6, 6.07) is 7.44. The molecule has 0 heterocycles. The van der Waals surface area contributed by atoms with E-state index in [-0.39, 0.29) is 18.0 Å². The molecule has 0 saturated carbocycles. The molecule has 0 N–H and O–H groups in total. The van der Waals surface area contributed by atoms with Gasteiger partial charge < -0.3 is 0 Å². The predicted octanol–water partition coefficient (Wildman–Crippen LogP) is 2.41. The third-order valence-corrected chi connectivity index (χ3v) is 2.11. The van der Waals surface area contributed by atoms with Crippen LogP contribution in [0.4, 0.5) is 0 Å². The van der Waals surface area contributed by atoms with Crippen molar-refractivity contribution < 1.29 is 9.59 Å². The Kier molecular flexibility index (Phi) is 3.57. The Morgan fingerprint density at radius 3 is 2.43 bits per heavy atom. The third kappa shape index (κ3) is 2.52. The van der Waals surface area contributed by atoms with Gasteiger partial charge >= 0.3 is 0 Å². The Hall–Kier alpha value is -1.44. The van der Waals surface area contributed by atoms with Gasteiger partial charge in [0.1, 0.15) is 5.78 Å². The van der Waals surface area contributed by atoms with E-state index in [1.54, 1.807) is 6.07 Å². The minimum Gasteiger partial charge on any atom is -0.300 e. The maximum Gasteiger partial charge on any atom is 0.170 e. The van der Waals surface area contributed by atoms with Crippen LogP contribution in [0.5, 0.6) is 0 Å². The van der Waals surface area contributed by atoms with Crippen molar-refractivity contribution in [3.63, 3.8) is 0 Å². The molecule has 0 fully saturated rings. The summed E-state index contributed by atoms with van der Waals surface area (Å²) in [6.07, 6.45) is 0.830. The van der Waals surface area contributed by atoms with E-state index >= 15 is 0 Å². The van der Waals surface area contributed by atoms with Gasteiger partial charge in [-0.25, -0.2) is 0 Å². The van der Waals surface area contributed by atoms with Crippen molar-refractivity contribution in [1.82, 2.24) is 0 Å². The summed E-state index contributed by atoms with van der Waals surface area (Å²) in [5.41, 5.74) is 1.70. The van der Waals surface area contributed by atoms with E-state index in [0.717, 1.165) is 12.0 Å². The Bertz CT molecular complexity index is 353. The average Bonchev–Trinajstić information content (AvgIpc) is 2.16. The molecule has 0 bridgehead atoms. The highest BCUT2D eigenvalue weighted by Gasteiger charge is 2.11. The number of benzene rings is 1. The Labute approximate surface area is 83.9 Å². The highest BCUT2D eigenvalue weighted by atomic mass is 16.1. The monoisotopic (exact) mass is 190 g/mol. The molecule has 0 unspecified atom stereocenters. The molecule has 2 heteroatoms. The first kappa shape index (κ1) is 10.6. The first-order valence-corrected chi connectivity index (χ1v) is 4.75. The maximum absolute atomic E-state index is 11.6. The van der Waals surface area contributed by atoms with E-state index in [0.29, 0.717) is 5.56 Å². The van der Waals surface area contributed by atoms with Gasteiger partial charge in [0, 0.05) is 5.56 Å². The van der Waals surface area contributed by atoms with Gasteiger partial charge in [-0.3, -0.25) is 9.59 Å². The second-order valence-electron chi connectivity index (χ2n) is 3.31. The molecule has 0 amide bonds. The van der Waals surface area contributed by atoms with Gasteiger partial charge in [-0.2, -0.15) is 0 Å². The van der Waals surface area contributed by atoms with Gasteiger partial charge in [0.25, 0.3) is 0 Å². The van der Waals surface area contributed by atoms with E-state index in [1.807, 2.05) is 25.1 Å². The van der Waals surface area contributed by atoms with Crippen LogP contribution in [0, 0.1) is 0 Å². The van der Waals surface area contributed by atoms with Crippen molar-refractivity contribution in [2.75, 3.05) is 0 Å². The number of ketones is 2. The van der Waals surface area contributed by atoms with E-state index in [1.165, 1.54) is 6.92 Å². The van der Waals surface area contributed by atoms with Crippen molar-refractivity contribution in [1.29, 1.82) is 0 Å². The molecule has 0 aliphatic heterocycles. The molecule has 0 radical (unpaired) electrons. The molecule has 0 saturated heterocycles. The van der Waals surface area contributed by atoms with Crippen molar-refractivity contribution in [3.8, 4) is 0 Å². The van der Waals surface area contributed by atoms with Crippen molar-refractivity contribution >= 4 is 11.6 Å². The standard InChI is InChI=1S/C12H14O2/c1-3-10-6-4-5-7-11(10)12(14)8-9(2)13/h4-7H,3,8H2,1-2H3. The molecule has 0 aromatic heterocycles. The van der Waals surface area contributed by atoms with Crippen LogP contribution in [-0.4, -0.2) is 11.6 Å². The quantitative estimate of drug-likeness (QED) is 0.539. The molecular formula is C12H14O2. The fourth-order valence-electron chi connectivity index (χ4n) is 1.42. The van der Waals surface area contributed by atoms with E-state index in [9.17, 15) is 9.59 Å². The first-order valence-electron chi connectivity index (χ1n) is 4.75. The Morgan fingerprint density at radius 1 is 1.21 bits per heavy atom. The number of carbonyl (C=O) groups excluding carboxylic acids is 2. The lowest BCUT2D eigenvalue weighted by atomic mass is 9.99. The summed E-state index contributed by atoms with van der Waals surface area (Å²) >= 11 is 0. The minimum absolute atomic E-state index is 0.0109. The van der Waals surface area contributed by atoms with Gasteiger partial charge in [0.05, 0.1) is 6.42 Å². The molecule has 0 aliphatic rings. The van der Waals surface area contributed by atoms with Gasteiger partial charge in [-0.1, -0.05) is 31.2 Å². The second kappa shape index (κ2) is 4.70. The molecular weight excluding hydrogens is 176 g/mol. The zero-order chi connectivity index (χ0) is 10.6. The van der Waals surface area contributed by atoms with Crippen LogP contribution >= 0.6 is 0 Å². The van der Waals surface area contributed by atoms with Crippen LogP contribution < -0.4 is 0 Å². The molecule has 2 nitrogen and oxygen atoms in total. The Morgan fingerprint density at radius 2 is 1.86 bits per heavy atom. The largest absolute Gasteiger partial charge is 0.300 e. The zero-order valence-electron chi connectivity index (χ0n) is 8.54.